The molecule has 0 aromatic rings. The molecule has 2 rings (SSSR count). The van der Waals surface area contributed by atoms with E-state index in [2.05, 4.69) is 36.8 Å². The summed E-state index contributed by atoms with van der Waals surface area (Å²) < 4.78 is 0.544. The Balaban J connectivity index is 2.04. The van der Waals surface area contributed by atoms with Crippen molar-refractivity contribution in [3.63, 3.8) is 0 Å². The van der Waals surface area contributed by atoms with Gasteiger partial charge in [0, 0.05) is 0 Å². The van der Waals surface area contributed by atoms with E-state index >= 15 is 0 Å². The largest absolute Gasteiger partial charge is 0.139 e. The van der Waals surface area contributed by atoms with Crippen LogP contribution in [0.25, 0.3) is 0 Å². The molecule has 2 heterocycles. The SMILES string of the molecule is CC12[B]C(I)(CCCCCCC1)CCC2. The van der Waals surface area contributed by atoms with Crippen molar-refractivity contribution in [3.8, 4) is 0 Å². The van der Waals surface area contributed by atoms with E-state index in [0.717, 1.165) is 0 Å². The Morgan fingerprint density at radius 2 is 1.33 bits per heavy atom. The molecule has 2 saturated heterocycles. The molecule has 0 spiro atoms. The first kappa shape index (κ1) is 12.3. The van der Waals surface area contributed by atoms with Gasteiger partial charge in [-0.2, -0.15) is 0 Å². The summed E-state index contributed by atoms with van der Waals surface area (Å²) in [5, 5.41) is 0.566. The van der Waals surface area contributed by atoms with Crippen LogP contribution in [-0.4, -0.2) is 10.6 Å². The van der Waals surface area contributed by atoms with Gasteiger partial charge >= 0.3 is 0 Å². The fourth-order valence-corrected chi connectivity index (χ4v) is 4.94. The van der Waals surface area contributed by atoms with Crippen LogP contribution in [0.2, 0.25) is 5.31 Å². The van der Waals surface area contributed by atoms with Crippen molar-refractivity contribution >= 4 is 29.9 Å². The quantitative estimate of drug-likeness (QED) is 0.338. The van der Waals surface area contributed by atoms with Crippen molar-refractivity contribution in [1.82, 2.24) is 0 Å². The lowest BCUT2D eigenvalue weighted by Crippen LogP contribution is -2.41. The summed E-state index contributed by atoms with van der Waals surface area (Å²) >= 11 is 2.75. The van der Waals surface area contributed by atoms with Gasteiger partial charge in [-0.15, -0.1) is 0 Å². The van der Waals surface area contributed by atoms with Gasteiger partial charge in [0.2, 0.25) is 0 Å². The molecule has 1 radical (unpaired) electrons. The first-order valence-electron chi connectivity index (χ1n) is 6.68. The van der Waals surface area contributed by atoms with Gasteiger partial charge in [0.1, 0.15) is 7.28 Å². The summed E-state index contributed by atoms with van der Waals surface area (Å²) in [7, 11) is 2.73. The Labute approximate surface area is 109 Å². The van der Waals surface area contributed by atoms with Crippen molar-refractivity contribution in [1.29, 1.82) is 0 Å². The minimum absolute atomic E-state index is 0.544. The minimum Gasteiger partial charge on any atom is -0.0887 e. The molecule has 15 heavy (non-hydrogen) atoms. The summed E-state index contributed by atoms with van der Waals surface area (Å²) in [4.78, 5) is 0. The Morgan fingerprint density at radius 1 is 0.800 bits per heavy atom. The van der Waals surface area contributed by atoms with Crippen LogP contribution >= 0.6 is 22.6 Å². The van der Waals surface area contributed by atoms with Crippen molar-refractivity contribution in [2.24, 2.45) is 0 Å². The van der Waals surface area contributed by atoms with Crippen LogP contribution < -0.4 is 0 Å². The van der Waals surface area contributed by atoms with Crippen LogP contribution in [0.1, 0.15) is 71.1 Å². The topological polar surface area (TPSA) is 0 Å². The highest BCUT2D eigenvalue weighted by atomic mass is 127. The maximum Gasteiger partial charge on any atom is 0.139 e. The Morgan fingerprint density at radius 3 is 2.13 bits per heavy atom. The molecular weight excluding hydrogens is 294 g/mol. The zero-order chi connectivity index (χ0) is 10.8. The second kappa shape index (κ2) is 4.97. The van der Waals surface area contributed by atoms with Crippen LogP contribution in [0.4, 0.5) is 0 Å². The third kappa shape index (κ3) is 3.37. The number of rotatable bonds is 0. The second-order valence-electron chi connectivity index (χ2n) is 5.95. The molecule has 0 nitrogen and oxygen atoms in total. The molecule has 0 N–H and O–H groups in total. The zero-order valence-electron chi connectivity index (χ0n) is 10.0. The first-order valence-corrected chi connectivity index (χ1v) is 7.76. The molecule has 85 valence electrons. The van der Waals surface area contributed by atoms with Gasteiger partial charge in [-0.3, -0.25) is 0 Å². The molecule has 0 aliphatic carbocycles. The zero-order valence-corrected chi connectivity index (χ0v) is 12.2. The molecule has 0 amide bonds. The van der Waals surface area contributed by atoms with E-state index in [1.807, 2.05) is 0 Å². The highest BCUT2D eigenvalue weighted by molar-refractivity contribution is 14.1. The molecule has 2 fully saturated rings. The van der Waals surface area contributed by atoms with E-state index in [1.54, 1.807) is 0 Å². The minimum atomic E-state index is 0.544. The maximum atomic E-state index is 2.75. The molecule has 0 saturated carbocycles. The van der Waals surface area contributed by atoms with Gasteiger partial charge in [0.05, 0.1) is 0 Å². The molecule has 2 bridgehead atoms. The van der Waals surface area contributed by atoms with E-state index in [1.165, 1.54) is 64.2 Å². The van der Waals surface area contributed by atoms with Gasteiger partial charge in [-0.05, 0) is 16.2 Å². The lowest BCUT2D eigenvalue weighted by Gasteiger charge is -2.43. The fourth-order valence-electron chi connectivity index (χ4n) is 3.43. The van der Waals surface area contributed by atoms with E-state index in [4.69, 9.17) is 0 Å². The van der Waals surface area contributed by atoms with Crippen molar-refractivity contribution in [3.05, 3.63) is 0 Å². The molecule has 0 aromatic carbocycles. The number of alkyl halides is 1. The smallest absolute Gasteiger partial charge is 0.0887 e. The van der Waals surface area contributed by atoms with Gasteiger partial charge in [0.25, 0.3) is 0 Å². The predicted molar refractivity (Wildman–Crippen MR) is 77.0 cm³/mol. The van der Waals surface area contributed by atoms with Gasteiger partial charge in [-0.25, -0.2) is 0 Å². The van der Waals surface area contributed by atoms with Crippen LogP contribution in [0.15, 0.2) is 0 Å². The van der Waals surface area contributed by atoms with Gasteiger partial charge in [-0.1, -0.05) is 86.2 Å². The Kier molecular flexibility index (Phi) is 4.06. The first-order chi connectivity index (χ1) is 7.12. The third-order valence-corrected chi connectivity index (χ3v) is 5.68. The molecular formula is C13H23BI. The standard InChI is InChI=1S/C13H23BI/c1-12-8-5-3-2-4-6-10-13(15,14-12)11-7-9-12/h2-11H2,1H3. The monoisotopic (exact) mass is 317 g/mol. The van der Waals surface area contributed by atoms with E-state index < -0.39 is 0 Å². The van der Waals surface area contributed by atoms with E-state index in [0.29, 0.717) is 8.64 Å². The highest BCUT2D eigenvalue weighted by Gasteiger charge is 2.40. The van der Waals surface area contributed by atoms with Crippen LogP contribution in [0.5, 0.6) is 0 Å². The number of halogens is 1. The van der Waals surface area contributed by atoms with Crippen LogP contribution in [-0.2, 0) is 0 Å². The maximum absolute atomic E-state index is 2.75. The second-order valence-corrected chi connectivity index (χ2v) is 8.10. The van der Waals surface area contributed by atoms with Crippen LogP contribution in [0, 0.1) is 0 Å². The van der Waals surface area contributed by atoms with E-state index in [9.17, 15) is 0 Å². The third-order valence-electron chi connectivity index (χ3n) is 4.29. The fraction of sp³-hybridized carbons (Fsp3) is 1.00. The molecule has 2 atom stereocenters. The van der Waals surface area contributed by atoms with Crippen molar-refractivity contribution < 1.29 is 0 Å². The lowest BCUT2D eigenvalue weighted by molar-refractivity contribution is 0.393. The molecule has 2 aliphatic rings. The summed E-state index contributed by atoms with van der Waals surface area (Å²) in [6, 6.07) is 0. The summed E-state index contributed by atoms with van der Waals surface area (Å²) in [5.74, 6) is 0. The number of fused-ring (bicyclic) bond motifs is 2. The summed E-state index contributed by atoms with van der Waals surface area (Å²) in [6.45, 7) is 2.50. The lowest BCUT2D eigenvalue weighted by atomic mass is 9.39. The molecule has 2 heteroatoms. The Bertz CT molecular complexity index is 199. The van der Waals surface area contributed by atoms with Crippen molar-refractivity contribution in [2.45, 2.75) is 79.8 Å². The molecule has 2 aliphatic heterocycles. The average molecular weight is 317 g/mol. The van der Waals surface area contributed by atoms with Gasteiger partial charge in [0.15, 0.2) is 0 Å². The average Bonchev–Trinajstić information content (AvgIpc) is 2.15. The number of hydrogen-bond donors (Lipinski definition) is 0. The van der Waals surface area contributed by atoms with Crippen LogP contribution in [0.3, 0.4) is 0 Å². The summed E-state index contributed by atoms with van der Waals surface area (Å²) in [5.41, 5.74) is 0. The van der Waals surface area contributed by atoms with E-state index in [-0.39, 0.29) is 0 Å². The van der Waals surface area contributed by atoms with Gasteiger partial charge < -0.3 is 0 Å². The predicted octanol–water partition coefficient (Wildman–Crippen LogP) is 4.93. The summed E-state index contributed by atoms with van der Waals surface area (Å²) in [6.07, 6.45) is 14.5. The normalized spacial score (nSPS) is 43.1. The Hall–Kier alpha value is 0.795. The molecule has 2 unspecified atom stereocenters. The highest BCUT2D eigenvalue weighted by Crippen LogP contribution is 2.50. The number of hydrogen-bond acceptors (Lipinski definition) is 0. The molecule has 0 aromatic heterocycles. The van der Waals surface area contributed by atoms with Crippen molar-refractivity contribution in [2.75, 3.05) is 0 Å².